The van der Waals surface area contributed by atoms with Crippen LogP contribution in [0.2, 0.25) is 0 Å². The van der Waals surface area contributed by atoms with Crippen molar-refractivity contribution in [1.82, 2.24) is 0 Å². The van der Waals surface area contributed by atoms with E-state index in [1.54, 1.807) is 0 Å². The van der Waals surface area contributed by atoms with Crippen molar-refractivity contribution >= 4 is 10.8 Å². The Morgan fingerprint density at radius 1 is 0.893 bits per heavy atom. The van der Waals surface area contributed by atoms with Crippen molar-refractivity contribution in [3.63, 3.8) is 0 Å². The van der Waals surface area contributed by atoms with Gasteiger partial charge in [-0.15, -0.1) is 0 Å². The first kappa shape index (κ1) is 19.7. The van der Waals surface area contributed by atoms with Crippen molar-refractivity contribution in [3.8, 4) is 16.9 Å². The molecular formula is C20H11F7O. The Bertz CT molecular complexity index is 1070. The van der Waals surface area contributed by atoms with Crippen LogP contribution < -0.4 is 4.74 Å². The maximum atomic E-state index is 14.4. The molecule has 1 nitrogen and oxygen atoms in total. The van der Waals surface area contributed by atoms with Crippen LogP contribution in [0.1, 0.15) is 5.56 Å². The largest absolute Gasteiger partial charge is 0.489 e. The lowest BCUT2D eigenvalue weighted by Gasteiger charge is -2.13. The van der Waals surface area contributed by atoms with E-state index in [1.165, 1.54) is 18.2 Å². The van der Waals surface area contributed by atoms with E-state index in [0.717, 1.165) is 12.1 Å². The first-order valence-corrected chi connectivity index (χ1v) is 7.85. The molecule has 0 saturated heterocycles. The molecule has 146 valence electrons. The van der Waals surface area contributed by atoms with Crippen molar-refractivity contribution in [2.45, 2.75) is 6.18 Å². The summed E-state index contributed by atoms with van der Waals surface area (Å²) in [6.45, 7) is 3.57. The van der Waals surface area contributed by atoms with Crippen molar-refractivity contribution in [2.24, 2.45) is 0 Å². The van der Waals surface area contributed by atoms with Crippen LogP contribution in [0.15, 0.2) is 49.1 Å². The summed E-state index contributed by atoms with van der Waals surface area (Å²) >= 11 is 0. The van der Waals surface area contributed by atoms with Crippen LogP contribution in [0.3, 0.4) is 0 Å². The van der Waals surface area contributed by atoms with Gasteiger partial charge in [0.05, 0.1) is 5.39 Å². The fourth-order valence-electron chi connectivity index (χ4n) is 2.80. The number of halogens is 7. The minimum atomic E-state index is -5.33. The summed E-state index contributed by atoms with van der Waals surface area (Å²) in [7, 11) is 0. The maximum absolute atomic E-state index is 14.4. The van der Waals surface area contributed by atoms with Crippen molar-refractivity contribution in [2.75, 3.05) is 6.61 Å². The Kier molecular flexibility index (Phi) is 5.06. The van der Waals surface area contributed by atoms with Crippen LogP contribution in [-0.4, -0.2) is 6.61 Å². The third-order valence-corrected chi connectivity index (χ3v) is 3.98. The van der Waals surface area contributed by atoms with E-state index < -0.39 is 45.8 Å². The molecule has 3 rings (SSSR count). The van der Waals surface area contributed by atoms with Gasteiger partial charge in [-0.1, -0.05) is 12.7 Å². The smallest absolute Gasteiger partial charge is 0.422 e. The highest BCUT2D eigenvalue weighted by Crippen LogP contribution is 2.39. The second-order valence-electron chi connectivity index (χ2n) is 5.84. The number of alkyl halides is 3. The number of benzene rings is 3. The van der Waals surface area contributed by atoms with Crippen molar-refractivity contribution in [3.05, 3.63) is 77.9 Å². The summed E-state index contributed by atoms with van der Waals surface area (Å²) in [6, 6.07) is 5.73. The molecule has 0 aromatic heterocycles. The first-order chi connectivity index (χ1) is 13.1. The zero-order chi connectivity index (χ0) is 20.6. The summed E-state index contributed by atoms with van der Waals surface area (Å²) < 4.78 is 100. The molecule has 0 saturated carbocycles. The van der Waals surface area contributed by atoms with Crippen LogP contribution >= 0.6 is 0 Å². The Morgan fingerprint density at radius 3 is 2.21 bits per heavy atom. The monoisotopic (exact) mass is 400 g/mol. The second-order valence-corrected chi connectivity index (χ2v) is 5.84. The highest BCUT2D eigenvalue weighted by Gasteiger charge is 2.39. The molecule has 0 aliphatic carbocycles. The molecule has 0 amide bonds. The van der Waals surface area contributed by atoms with E-state index in [4.69, 9.17) is 4.74 Å². The minimum Gasteiger partial charge on any atom is -0.489 e. The third-order valence-electron chi connectivity index (χ3n) is 3.98. The minimum absolute atomic E-state index is 0.101. The first-order valence-electron chi connectivity index (χ1n) is 7.85. The molecule has 0 aliphatic rings. The van der Waals surface area contributed by atoms with Gasteiger partial charge in [-0.05, 0) is 41.3 Å². The highest BCUT2D eigenvalue weighted by atomic mass is 19.4. The van der Waals surface area contributed by atoms with Crippen LogP contribution in [0.5, 0.6) is 5.75 Å². The molecule has 0 fully saturated rings. The van der Waals surface area contributed by atoms with Gasteiger partial charge in [0.25, 0.3) is 0 Å². The highest BCUT2D eigenvalue weighted by molar-refractivity contribution is 5.89. The van der Waals surface area contributed by atoms with Crippen molar-refractivity contribution in [1.29, 1.82) is 0 Å². The fraction of sp³-hybridized carbons (Fsp3) is 0.100. The van der Waals surface area contributed by atoms with E-state index in [-0.39, 0.29) is 23.5 Å². The van der Waals surface area contributed by atoms with E-state index >= 15 is 0 Å². The second kappa shape index (κ2) is 7.18. The molecule has 28 heavy (non-hydrogen) atoms. The topological polar surface area (TPSA) is 9.23 Å². The number of fused-ring (bicyclic) bond motifs is 1. The molecule has 0 heterocycles. The summed E-state index contributed by atoms with van der Waals surface area (Å²) in [5.41, 5.74) is -2.40. The van der Waals surface area contributed by atoms with Gasteiger partial charge in [0.1, 0.15) is 41.2 Å². The summed E-state index contributed by atoms with van der Waals surface area (Å²) in [5, 5.41) is -1.49. The average molecular weight is 400 g/mol. The van der Waals surface area contributed by atoms with Crippen LogP contribution in [0.4, 0.5) is 30.7 Å². The van der Waals surface area contributed by atoms with Crippen LogP contribution in [0.25, 0.3) is 21.9 Å². The van der Waals surface area contributed by atoms with Gasteiger partial charge in [0.15, 0.2) is 0 Å². The molecule has 0 radical (unpaired) electrons. The molecule has 3 aromatic carbocycles. The lowest BCUT2D eigenvalue weighted by atomic mass is 9.98. The lowest BCUT2D eigenvalue weighted by Crippen LogP contribution is -2.12. The molecule has 3 aromatic rings. The number of hydrogen-bond donors (Lipinski definition) is 0. The van der Waals surface area contributed by atoms with E-state index in [0.29, 0.717) is 12.1 Å². The Morgan fingerprint density at radius 2 is 1.61 bits per heavy atom. The van der Waals surface area contributed by atoms with Gasteiger partial charge in [-0.2, -0.15) is 13.2 Å². The van der Waals surface area contributed by atoms with Gasteiger partial charge >= 0.3 is 6.18 Å². The molecule has 0 aliphatic heterocycles. The third kappa shape index (κ3) is 3.54. The average Bonchev–Trinajstić information content (AvgIpc) is 2.57. The van der Waals surface area contributed by atoms with E-state index in [2.05, 4.69) is 6.58 Å². The summed E-state index contributed by atoms with van der Waals surface area (Å²) in [5.74, 6) is -5.95. The van der Waals surface area contributed by atoms with Gasteiger partial charge in [0, 0.05) is 11.6 Å². The molecule has 0 N–H and O–H groups in total. The van der Waals surface area contributed by atoms with Gasteiger partial charge in [-0.3, -0.25) is 0 Å². The predicted octanol–water partition coefficient (Wildman–Crippen LogP) is 6.65. The van der Waals surface area contributed by atoms with Crippen LogP contribution in [-0.2, 0) is 6.18 Å². The summed E-state index contributed by atoms with van der Waals surface area (Å²) in [4.78, 5) is 0. The van der Waals surface area contributed by atoms with Gasteiger partial charge in [0.2, 0.25) is 0 Å². The number of ether oxygens (including phenoxy) is 1. The maximum Gasteiger partial charge on any atom is 0.422 e. The predicted molar refractivity (Wildman–Crippen MR) is 89.9 cm³/mol. The lowest BCUT2D eigenvalue weighted by molar-refractivity contribution is -0.142. The zero-order valence-electron chi connectivity index (χ0n) is 14.0. The Balaban J connectivity index is 2.16. The number of rotatable bonds is 4. The molecule has 0 bridgehead atoms. The normalized spacial score (nSPS) is 11.7. The molecule has 8 heteroatoms. The SMILES string of the molecule is C=CCOc1ccc(-c2cc(F)c3c(F)c(C(F)(F)F)c(F)cc3c2)c(F)c1. The standard InChI is InChI=1S/C20H11F7O/c1-2-5-28-12-3-4-13(14(21)9-12)10-6-11-8-16(23)18(20(25,26)27)19(24)17(11)15(22)7-10/h2-4,6-9H,1,5H2. The fourth-order valence-corrected chi connectivity index (χ4v) is 2.80. The van der Waals surface area contributed by atoms with Gasteiger partial charge in [-0.25, -0.2) is 17.6 Å². The number of hydrogen-bond acceptors (Lipinski definition) is 1. The van der Waals surface area contributed by atoms with Crippen LogP contribution in [0, 0.1) is 23.3 Å². The quantitative estimate of drug-likeness (QED) is 0.352. The van der Waals surface area contributed by atoms with E-state index in [9.17, 15) is 30.7 Å². The Labute approximate surface area is 154 Å². The summed E-state index contributed by atoms with van der Waals surface area (Å²) in [6.07, 6.45) is -3.89. The molecule has 0 atom stereocenters. The zero-order valence-corrected chi connectivity index (χ0v) is 14.0. The molecule has 0 unspecified atom stereocenters. The van der Waals surface area contributed by atoms with Gasteiger partial charge < -0.3 is 4.74 Å². The van der Waals surface area contributed by atoms with Crippen molar-refractivity contribution < 1.29 is 35.5 Å². The molecule has 0 spiro atoms. The van der Waals surface area contributed by atoms with E-state index in [1.807, 2.05) is 0 Å². The molecular weight excluding hydrogens is 389 g/mol. The Hall–Kier alpha value is -3.03.